The van der Waals surface area contributed by atoms with E-state index in [2.05, 4.69) is 60.6 Å². The molecule has 0 atom stereocenters. The fraction of sp³-hybridized carbons (Fsp3) is 0.467. The molecule has 2 rings (SSSR count). The molecule has 1 aromatic carbocycles. The van der Waals surface area contributed by atoms with Crippen molar-refractivity contribution in [3.8, 4) is 0 Å². The van der Waals surface area contributed by atoms with Gasteiger partial charge >= 0.3 is 0 Å². The summed E-state index contributed by atoms with van der Waals surface area (Å²) in [4.78, 5) is 5.80. The minimum absolute atomic E-state index is 0.488. The molecule has 0 amide bonds. The van der Waals surface area contributed by atoms with Crippen molar-refractivity contribution in [1.29, 1.82) is 0 Å². The van der Waals surface area contributed by atoms with Gasteiger partial charge in [0.25, 0.3) is 0 Å². The maximum absolute atomic E-state index is 4.53. The molecule has 0 spiro atoms. The molecule has 3 nitrogen and oxygen atoms in total. The lowest BCUT2D eigenvalue weighted by Crippen LogP contribution is -2.22. The molecule has 0 aliphatic rings. The number of aryl methyl sites for hydroxylation is 2. The van der Waals surface area contributed by atoms with Crippen molar-refractivity contribution in [3.05, 3.63) is 35.2 Å². The van der Waals surface area contributed by atoms with Crippen LogP contribution in [0.15, 0.2) is 27.4 Å². The highest BCUT2D eigenvalue weighted by atomic mass is 32.2. The summed E-state index contributed by atoms with van der Waals surface area (Å²) in [5.74, 6) is 0.937. The van der Waals surface area contributed by atoms with E-state index in [1.807, 2.05) is 0 Å². The second-order valence-electron chi connectivity index (χ2n) is 5.08. The molecule has 0 aliphatic heterocycles. The Morgan fingerprint density at radius 2 is 2.15 bits per heavy atom. The van der Waals surface area contributed by atoms with E-state index in [0.29, 0.717) is 6.04 Å². The normalized spacial score (nSPS) is 11.2. The van der Waals surface area contributed by atoms with E-state index in [1.54, 1.807) is 11.8 Å². The third-order valence-corrected chi connectivity index (χ3v) is 4.79. The van der Waals surface area contributed by atoms with E-state index in [9.17, 15) is 0 Å². The highest BCUT2D eigenvalue weighted by molar-refractivity contribution is 8.01. The van der Waals surface area contributed by atoms with Gasteiger partial charge in [-0.05, 0) is 30.1 Å². The highest BCUT2D eigenvalue weighted by Crippen LogP contribution is 2.32. The summed E-state index contributed by atoms with van der Waals surface area (Å²) in [6, 6.07) is 7.08. The molecule has 1 aromatic heterocycles. The van der Waals surface area contributed by atoms with Gasteiger partial charge in [-0.3, -0.25) is 0 Å². The molecule has 0 fully saturated rings. The van der Waals surface area contributed by atoms with Crippen LogP contribution in [0.25, 0.3) is 0 Å². The summed E-state index contributed by atoms with van der Waals surface area (Å²) in [6.07, 6.45) is 0.896. The van der Waals surface area contributed by atoms with Crippen LogP contribution in [-0.2, 0) is 13.0 Å². The fourth-order valence-corrected chi connectivity index (χ4v) is 3.54. The average Bonchev–Trinajstić information content (AvgIpc) is 2.86. The Hall–Kier alpha value is -0.910. The van der Waals surface area contributed by atoms with Gasteiger partial charge in [0.1, 0.15) is 5.82 Å². The van der Waals surface area contributed by atoms with Crippen molar-refractivity contribution in [3.63, 3.8) is 0 Å². The number of nitrogens with zero attached hydrogens (tertiary/aromatic N) is 2. The quantitative estimate of drug-likeness (QED) is 0.873. The molecule has 0 saturated carbocycles. The van der Waals surface area contributed by atoms with Crippen LogP contribution in [0, 0.1) is 6.92 Å². The van der Waals surface area contributed by atoms with Gasteiger partial charge in [0.05, 0.1) is 0 Å². The van der Waals surface area contributed by atoms with Crippen molar-refractivity contribution in [2.45, 2.75) is 55.9 Å². The van der Waals surface area contributed by atoms with Crippen LogP contribution in [0.2, 0.25) is 0 Å². The standard InChI is InChI=1S/C15H21N3S2/c1-5-14-17-15(20-18-14)19-13-7-6-11(4)8-12(13)9-16-10(2)3/h6-8,10,16H,5,9H2,1-4H3. The number of benzene rings is 1. The van der Waals surface area contributed by atoms with Gasteiger partial charge in [0.2, 0.25) is 0 Å². The largest absolute Gasteiger partial charge is 0.310 e. The summed E-state index contributed by atoms with van der Waals surface area (Å²) in [5, 5.41) is 3.49. The molecule has 5 heteroatoms. The Balaban J connectivity index is 2.17. The van der Waals surface area contributed by atoms with Gasteiger partial charge in [-0.25, -0.2) is 4.98 Å². The molecule has 0 unspecified atom stereocenters. The summed E-state index contributed by atoms with van der Waals surface area (Å²) >= 11 is 3.20. The number of nitrogens with one attached hydrogen (secondary N) is 1. The Morgan fingerprint density at radius 3 is 2.80 bits per heavy atom. The first kappa shape index (κ1) is 15.5. The zero-order valence-electron chi connectivity index (χ0n) is 12.4. The van der Waals surface area contributed by atoms with E-state index in [1.165, 1.54) is 27.6 Å². The van der Waals surface area contributed by atoms with Gasteiger partial charge in [0.15, 0.2) is 4.34 Å². The van der Waals surface area contributed by atoms with Crippen molar-refractivity contribution in [2.75, 3.05) is 0 Å². The molecule has 0 saturated heterocycles. The molecule has 1 heterocycles. The Bertz CT molecular complexity index is 564. The van der Waals surface area contributed by atoms with Crippen LogP contribution in [-0.4, -0.2) is 15.4 Å². The van der Waals surface area contributed by atoms with Gasteiger partial charge in [-0.1, -0.05) is 50.2 Å². The predicted molar refractivity (Wildman–Crippen MR) is 86.6 cm³/mol. The van der Waals surface area contributed by atoms with Crippen molar-refractivity contribution < 1.29 is 0 Å². The third kappa shape index (κ3) is 4.30. The maximum atomic E-state index is 4.53. The first-order chi connectivity index (χ1) is 9.58. The Labute approximate surface area is 129 Å². The van der Waals surface area contributed by atoms with Crippen LogP contribution in [0.1, 0.15) is 37.7 Å². The van der Waals surface area contributed by atoms with E-state index in [0.717, 1.165) is 23.1 Å². The van der Waals surface area contributed by atoms with Crippen molar-refractivity contribution in [2.24, 2.45) is 0 Å². The smallest absolute Gasteiger partial charge is 0.174 e. The molecular formula is C15H21N3S2. The van der Waals surface area contributed by atoms with E-state index >= 15 is 0 Å². The number of hydrogen-bond donors (Lipinski definition) is 1. The number of aromatic nitrogens is 2. The summed E-state index contributed by atoms with van der Waals surface area (Å²) < 4.78 is 5.37. The lowest BCUT2D eigenvalue weighted by Gasteiger charge is -2.12. The van der Waals surface area contributed by atoms with Crippen LogP contribution >= 0.6 is 23.3 Å². The molecular weight excluding hydrogens is 286 g/mol. The lowest BCUT2D eigenvalue weighted by molar-refractivity contribution is 0.584. The fourth-order valence-electron chi connectivity index (χ4n) is 1.78. The topological polar surface area (TPSA) is 37.8 Å². The maximum Gasteiger partial charge on any atom is 0.174 e. The first-order valence-electron chi connectivity index (χ1n) is 6.91. The lowest BCUT2D eigenvalue weighted by atomic mass is 10.1. The van der Waals surface area contributed by atoms with Gasteiger partial charge in [-0.15, -0.1) is 0 Å². The molecule has 2 aromatic rings. The zero-order valence-corrected chi connectivity index (χ0v) is 14.1. The average molecular weight is 307 g/mol. The van der Waals surface area contributed by atoms with Crippen LogP contribution < -0.4 is 5.32 Å². The number of hydrogen-bond acceptors (Lipinski definition) is 5. The summed E-state index contributed by atoms with van der Waals surface area (Å²) in [7, 11) is 0. The zero-order chi connectivity index (χ0) is 14.5. The van der Waals surface area contributed by atoms with Crippen LogP contribution in [0.3, 0.4) is 0 Å². The molecule has 108 valence electrons. The van der Waals surface area contributed by atoms with Crippen LogP contribution in [0.5, 0.6) is 0 Å². The van der Waals surface area contributed by atoms with Crippen LogP contribution in [0.4, 0.5) is 0 Å². The molecule has 0 radical (unpaired) electrons. The first-order valence-corrected chi connectivity index (χ1v) is 8.50. The number of rotatable bonds is 6. The monoisotopic (exact) mass is 307 g/mol. The van der Waals surface area contributed by atoms with E-state index in [-0.39, 0.29) is 0 Å². The minimum Gasteiger partial charge on any atom is -0.310 e. The molecule has 0 bridgehead atoms. The minimum atomic E-state index is 0.488. The Morgan fingerprint density at radius 1 is 1.35 bits per heavy atom. The van der Waals surface area contributed by atoms with Gasteiger partial charge in [-0.2, -0.15) is 4.37 Å². The molecule has 20 heavy (non-hydrogen) atoms. The van der Waals surface area contributed by atoms with Gasteiger partial charge in [0, 0.05) is 23.9 Å². The highest BCUT2D eigenvalue weighted by Gasteiger charge is 2.09. The summed E-state index contributed by atoms with van der Waals surface area (Å²) in [5.41, 5.74) is 2.62. The van der Waals surface area contributed by atoms with E-state index < -0.39 is 0 Å². The van der Waals surface area contributed by atoms with Crippen molar-refractivity contribution in [1.82, 2.24) is 14.7 Å². The molecule has 0 aliphatic carbocycles. The Kier molecular flexibility index (Phi) is 5.57. The molecule has 1 N–H and O–H groups in total. The summed E-state index contributed by atoms with van der Waals surface area (Å²) in [6.45, 7) is 9.44. The van der Waals surface area contributed by atoms with E-state index in [4.69, 9.17) is 0 Å². The van der Waals surface area contributed by atoms with Crippen molar-refractivity contribution >= 4 is 23.3 Å². The predicted octanol–water partition coefficient (Wildman–Crippen LogP) is 4.06. The van der Waals surface area contributed by atoms with Gasteiger partial charge < -0.3 is 5.32 Å². The second-order valence-corrected chi connectivity index (χ2v) is 7.12. The SMILES string of the molecule is CCc1nsc(Sc2ccc(C)cc2CNC(C)C)n1. The third-order valence-electron chi connectivity index (χ3n) is 2.88. The second kappa shape index (κ2) is 7.20.